The van der Waals surface area contributed by atoms with Gasteiger partial charge in [0.15, 0.2) is 0 Å². The maximum absolute atomic E-state index is 13.7. The van der Waals surface area contributed by atoms with E-state index in [0.29, 0.717) is 18.2 Å². The summed E-state index contributed by atoms with van der Waals surface area (Å²) in [5, 5.41) is 3.15. The van der Waals surface area contributed by atoms with E-state index < -0.39 is 11.6 Å². The molecule has 1 unspecified atom stereocenters. The predicted molar refractivity (Wildman–Crippen MR) is 74.9 cm³/mol. The minimum atomic E-state index is -0.467. The fourth-order valence-corrected chi connectivity index (χ4v) is 2.88. The second-order valence-electron chi connectivity index (χ2n) is 4.68. The highest BCUT2D eigenvalue weighted by atomic mass is 32.2. The number of nitrogens with one attached hydrogen (secondary N) is 1. The maximum Gasteiger partial charge on any atom is 0.130 e. The first-order valence-corrected chi connectivity index (χ1v) is 7.46. The van der Waals surface area contributed by atoms with Crippen molar-refractivity contribution in [3.05, 3.63) is 35.4 Å². The second-order valence-corrected chi connectivity index (χ2v) is 5.75. The minimum Gasteiger partial charge on any atom is -0.309 e. The Morgan fingerprint density at radius 2 is 1.78 bits per heavy atom. The molecule has 1 rings (SSSR count). The van der Waals surface area contributed by atoms with Gasteiger partial charge in [-0.25, -0.2) is 8.78 Å². The summed E-state index contributed by atoms with van der Waals surface area (Å²) in [6.45, 7) is 6.91. The molecule has 0 saturated carbocycles. The van der Waals surface area contributed by atoms with Gasteiger partial charge in [-0.3, -0.25) is 0 Å². The van der Waals surface area contributed by atoms with E-state index in [2.05, 4.69) is 19.2 Å². The molecule has 102 valence electrons. The van der Waals surface area contributed by atoms with E-state index in [1.165, 1.54) is 18.2 Å². The summed E-state index contributed by atoms with van der Waals surface area (Å²) in [4.78, 5) is 0. The summed E-state index contributed by atoms with van der Waals surface area (Å²) >= 11 is 1.73. The fourth-order valence-electron chi connectivity index (χ4n) is 1.76. The zero-order valence-corrected chi connectivity index (χ0v) is 12.0. The van der Waals surface area contributed by atoms with Crippen molar-refractivity contribution in [3.8, 4) is 0 Å². The molecule has 4 heteroatoms. The number of halogens is 2. The summed E-state index contributed by atoms with van der Waals surface area (Å²) in [6.07, 6.45) is 0. The van der Waals surface area contributed by atoms with Gasteiger partial charge in [0.05, 0.1) is 0 Å². The van der Waals surface area contributed by atoms with Crippen LogP contribution in [0.1, 0.15) is 32.4 Å². The van der Waals surface area contributed by atoms with Crippen molar-refractivity contribution in [1.29, 1.82) is 0 Å². The Bertz CT molecular complexity index is 349. The molecule has 1 N–H and O–H groups in total. The largest absolute Gasteiger partial charge is 0.309 e. The first-order valence-electron chi connectivity index (χ1n) is 6.31. The van der Waals surface area contributed by atoms with Gasteiger partial charge in [0.25, 0.3) is 0 Å². The first kappa shape index (κ1) is 15.4. The zero-order valence-electron chi connectivity index (χ0n) is 11.2. The molecule has 0 aliphatic heterocycles. The van der Waals surface area contributed by atoms with Gasteiger partial charge in [0.2, 0.25) is 0 Å². The number of hydrogen-bond donors (Lipinski definition) is 1. The first-order chi connectivity index (χ1) is 8.56. The van der Waals surface area contributed by atoms with Crippen LogP contribution in [0.5, 0.6) is 0 Å². The van der Waals surface area contributed by atoms with Crippen molar-refractivity contribution in [2.24, 2.45) is 5.92 Å². The van der Waals surface area contributed by atoms with E-state index in [9.17, 15) is 8.78 Å². The van der Waals surface area contributed by atoms with Gasteiger partial charge in [-0.2, -0.15) is 11.8 Å². The molecule has 0 fully saturated rings. The molecule has 0 aliphatic carbocycles. The predicted octanol–water partition coefficient (Wildman–Crippen LogP) is 4.00. The van der Waals surface area contributed by atoms with E-state index in [0.717, 1.165) is 5.75 Å². The second kappa shape index (κ2) is 7.74. The fraction of sp³-hybridized carbons (Fsp3) is 0.571. The van der Waals surface area contributed by atoms with Crippen LogP contribution in [-0.4, -0.2) is 18.1 Å². The van der Waals surface area contributed by atoms with Crippen molar-refractivity contribution in [2.45, 2.75) is 26.8 Å². The monoisotopic (exact) mass is 273 g/mol. The Hall–Kier alpha value is -0.610. The molecule has 0 aliphatic rings. The third kappa shape index (κ3) is 4.58. The lowest BCUT2D eigenvalue weighted by Gasteiger charge is -2.19. The molecule has 0 radical (unpaired) electrons. The van der Waals surface area contributed by atoms with Crippen molar-refractivity contribution >= 4 is 11.8 Å². The normalized spacial score (nSPS) is 13.0. The molecule has 0 amide bonds. The zero-order chi connectivity index (χ0) is 13.5. The Morgan fingerprint density at radius 3 is 2.28 bits per heavy atom. The van der Waals surface area contributed by atoms with Gasteiger partial charge in [-0.15, -0.1) is 0 Å². The quantitative estimate of drug-likeness (QED) is 0.805. The Balaban J connectivity index is 2.77. The molecule has 0 saturated heterocycles. The van der Waals surface area contributed by atoms with Crippen LogP contribution < -0.4 is 5.32 Å². The van der Waals surface area contributed by atoms with Crippen LogP contribution in [0.4, 0.5) is 8.78 Å². The van der Waals surface area contributed by atoms with Gasteiger partial charge in [0, 0.05) is 17.4 Å². The summed E-state index contributed by atoms with van der Waals surface area (Å²) in [7, 11) is 0. The van der Waals surface area contributed by atoms with Crippen molar-refractivity contribution < 1.29 is 8.78 Å². The molecule has 1 atom stereocenters. The molecular formula is C14H21F2NS. The van der Waals surface area contributed by atoms with Gasteiger partial charge in [-0.05, 0) is 30.3 Å². The van der Waals surface area contributed by atoms with E-state index in [1.807, 2.05) is 6.92 Å². The Kier molecular flexibility index (Phi) is 6.65. The lowest BCUT2D eigenvalue weighted by atomic mass is 10.1. The molecule has 1 aromatic carbocycles. The third-order valence-electron chi connectivity index (χ3n) is 2.53. The minimum absolute atomic E-state index is 0.163. The van der Waals surface area contributed by atoms with E-state index >= 15 is 0 Å². The molecular weight excluding hydrogens is 252 g/mol. The summed E-state index contributed by atoms with van der Waals surface area (Å²) in [5.74, 6) is 1.34. The SMILES string of the molecule is CCNC(CSCC(C)C)c1c(F)cccc1F. The molecule has 0 heterocycles. The number of benzene rings is 1. The van der Waals surface area contributed by atoms with Crippen LogP contribution in [0.2, 0.25) is 0 Å². The highest BCUT2D eigenvalue weighted by Crippen LogP contribution is 2.24. The van der Waals surface area contributed by atoms with E-state index in [-0.39, 0.29) is 11.6 Å². The van der Waals surface area contributed by atoms with E-state index in [4.69, 9.17) is 0 Å². The van der Waals surface area contributed by atoms with Crippen molar-refractivity contribution in [3.63, 3.8) is 0 Å². The van der Waals surface area contributed by atoms with Crippen LogP contribution in [0.3, 0.4) is 0 Å². The summed E-state index contributed by atoms with van der Waals surface area (Å²) < 4.78 is 27.4. The summed E-state index contributed by atoms with van der Waals surface area (Å²) in [6, 6.07) is 3.77. The van der Waals surface area contributed by atoms with Crippen molar-refractivity contribution in [1.82, 2.24) is 5.32 Å². The van der Waals surface area contributed by atoms with Gasteiger partial charge in [0.1, 0.15) is 11.6 Å². The molecule has 0 spiro atoms. The highest BCUT2D eigenvalue weighted by molar-refractivity contribution is 7.99. The van der Waals surface area contributed by atoms with E-state index in [1.54, 1.807) is 11.8 Å². The number of hydrogen-bond acceptors (Lipinski definition) is 2. The lowest BCUT2D eigenvalue weighted by Crippen LogP contribution is -2.25. The van der Waals surface area contributed by atoms with Gasteiger partial charge < -0.3 is 5.32 Å². The molecule has 0 aromatic heterocycles. The highest BCUT2D eigenvalue weighted by Gasteiger charge is 2.19. The summed E-state index contributed by atoms with van der Waals surface area (Å²) in [5.41, 5.74) is 0.163. The molecule has 1 aromatic rings. The maximum atomic E-state index is 13.7. The Labute approximate surface area is 112 Å². The standard InChI is InChI=1S/C14H21F2NS/c1-4-17-13(9-18-8-10(2)3)14-11(15)6-5-7-12(14)16/h5-7,10,13,17H,4,8-9H2,1-3H3. The van der Waals surface area contributed by atoms with Crippen molar-refractivity contribution in [2.75, 3.05) is 18.1 Å². The van der Waals surface area contributed by atoms with Gasteiger partial charge >= 0.3 is 0 Å². The molecule has 0 bridgehead atoms. The number of thioether (sulfide) groups is 1. The average molecular weight is 273 g/mol. The Morgan fingerprint density at radius 1 is 1.17 bits per heavy atom. The van der Waals surface area contributed by atoms with Crippen LogP contribution >= 0.6 is 11.8 Å². The van der Waals surface area contributed by atoms with Gasteiger partial charge in [-0.1, -0.05) is 26.8 Å². The van der Waals surface area contributed by atoms with Crippen LogP contribution in [0.15, 0.2) is 18.2 Å². The number of rotatable bonds is 7. The third-order valence-corrected chi connectivity index (χ3v) is 4.01. The average Bonchev–Trinajstić information content (AvgIpc) is 2.28. The topological polar surface area (TPSA) is 12.0 Å². The smallest absolute Gasteiger partial charge is 0.130 e. The van der Waals surface area contributed by atoms with Crippen LogP contribution in [-0.2, 0) is 0 Å². The molecule has 1 nitrogen and oxygen atoms in total. The van der Waals surface area contributed by atoms with Crippen LogP contribution in [0.25, 0.3) is 0 Å². The lowest BCUT2D eigenvalue weighted by molar-refractivity contribution is 0.499. The molecule has 18 heavy (non-hydrogen) atoms. The van der Waals surface area contributed by atoms with Crippen LogP contribution in [0, 0.1) is 17.6 Å².